The minimum Gasteiger partial charge on any atom is -0.379 e. The molecule has 2 heterocycles. The first kappa shape index (κ1) is 21.0. The second-order valence-electron chi connectivity index (χ2n) is 8.76. The van der Waals surface area contributed by atoms with Crippen LogP contribution in [0.1, 0.15) is 35.6 Å². The van der Waals surface area contributed by atoms with E-state index in [1.807, 2.05) is 37.3 Å². The van der Waals surface area contributed by atoms with E-state index in [0.29, 0.717) is 12.1 Å². The van der Waals surface area contributed by atoms with Crippen molar-refractivity contribution in [3.63, 3.8) is 0 Å². The molecule has 1 saturated heterocycles. The third-order valence-electron chi connectivity index (χ3n) is 6.76. The van der Waals surface area contributed by atoms with Crippen LogP contribution in [-0.2, 0) is 17.7 Å². The molecule has 5 rings (SSSR count). The first-order chi connectivity index (χ1) is 15.6. The molecule has 0 bridgehead atoms. The van der Waals surface area contributed by atoms with Gasteiger partial charge in [-0.1, -0.05) is 36.4 Å². The molecule has 1 amide bonds. The van der Waals surface area contributed by atoms with Crippen LogP contribution in [0.4, 0.5) is 4.79 Å². The van der Waals surface area contributed by atoms with E-state index in [1.165, 1.54) is 10.1 Å². The number of morpholine rings is 1. The Kier molecular flexibility index (Phi) is 5.85. The van der Waals surface area contributed by atoms with Gasteiger partial charge in [-0.15, -0.1) is 0 Å². The topological polar surface area (TPSA) is 68.5 Å². The summed E-state index contributed by atoms with van der Waals surface area (Å²) < 4.78 is 8.51. The summed E-state index contributed by atoms with van der Waals surface area (Å²) in [7, 11) is 0. The lowest BCUT2D eigenvalue weighted by molar-refractivity contribution is 0.0364. The first-order valence-corrected chi connectivity index (χ1v) is 11.5. The molecule has 1 aliphatic carbocycles. The van der Waals surface area contributed by atoms with Gasteiger partial charge in [-0.3, -0.25) is 9.47 Å². The molecule has 1 N–H and O–H groups in total. The third kappa shape index (κ3) is 3.87. The van der Waals surface area contributed by atoms with Gasteiger partial charge in [-0.05, 0) is 48.9 Å². The lowest BCUT2D eigenvalue weighted by atomic mass is 9.88. The zero-order valence-corrected chi connectivity index (χ0v) is 18.5. The van der Waals surface area contributed by atoms with Crippen molar-refractivity contribution in [1.82, 2.24) is 19.4 Å². The van der Waals surface area contributed by atoms with Crippen molar-refractivity contribution in [2.45, 2.75) is 38.8 Å². The number of para-hydroxylation sites is 1. The molecule has 7 heteroatoms. The molecule has 1 fully saturated rings. The molecule has 0 spiro atoms. The number of rotatable bonds is 4. The van der Waals surface area contributed by atoms with Crippen LogP contribution in [0.15, 0.2) is 47.3 Å². The van der Waals surface area contributed by atoms with Gasteiger partial charge in [0.05, 0.1) is 30.3 Å². The van der Waals surface area contributed by atoms with Crippen molar-refractivity contribution in [2.24, 2.45) is 0 Å². The van der Waals surface area contributed by atoms with Gasteiger partial charge in [0.15, 0.2) is 0 Å². The smallest absolute Gasteiger partial charge is 0.337 e. The molecule has 2 aliphatic rings. The number of aromatic nitrogens is 2. The average molecular weight is 435 g/mol. The van der Waals surface area contributed by atoms with E-state index < -0.39 is 0 Å². The maximum absolute atomic E-state index is 13.5. The zero-order chi connectivity index (χ0) is 22.1. The van der Waals surface area contributed by atoms with Crippen LogP contribution in [0.2, 0.25) is 0 Å². The Morgan fingerprint density at radius 1 is 1.09 bits per heavy atom. The normalized spacial score (nSPS) is 19.1. The number of hydrogen-bond acceptors (Lipinski definition) is 4. The first-order valence-electron chi connectivity index (χ1n) is 11.5. The highest BCUT2D eigenvalue weighted by Crippen LogP contribution is 2.29. The predicted octanol–water partition coefficient (Wildman–Crippen LogP) is 3.08. The van der Waals surface area contributed by atoms with Crippen LogP contribution in [0, 0.1) is 6.92 Å². The van der Waals surface area contributed by atoms with E-state index in [2.05, 4.69) is 22.3 Å². The number of carbonyl (C=O) groups is 1. The molecular weight excluding hydrogens is 404 g/mol. The van der Waals surface area contributed by atoms with Gasteiger partial charge in [-0.25, -0.2) is 14.2 Å². The molecule has 32 heavy (non-hydrogen) atoms. The molecule has 1 aromatic heterocycles. The van der Waals surface area contributed by atoms with Crippen LogP contribution in [0.5, 0.6) is 0 Å². The number of aryl methyl sites for hydroxylation is 2. The molecule has 7 nitrogen and oxygen atoms in total. The summed E-state index contributed by atoms with van der Waals surface area (Å²) in [4.78, 5) is 29.2. The molecule has 1 unspecified atom stereocenters. The van der Waals surface area contributed by atoms with Gasteiger partial charge >= 0.3 is 11.7 Å². The highest BCUT2D eigenvalue weighted by Gasteiger charge is 2.25. The lowest BCUT2D eigenvalue weighted by Crippen LogP contribution is -2.41. The maximum Gasteiger partial charge on any atom is 0.337 e. The molecule has 3 aromatic rings. The highest BCUT2D eigenvalue weighted by atomic mass is 16.5. The fraction of sp³-hybridized carbons (Fsp3) is 0.440. The van der Waals surface area contributed by atoms with E-state index in [0.717, 1.165) is 68.8 Å². The molecule has 1 aliphatic heterocycles. The molecule has 0 radical (unpaired) electrons. The Hall–Kier alpha value is -2.90. The Labute approximate surface area is 187 Å². The summed E-state index contributed by atoms with van der Waals surface area (Å²) >= 11 is 0. The van der Waals surface area contributed by atoms with Crippen LogP contribution >= 0.6 is 0 Å². The SMILES string of the molecule is Cc1cccc2c1n(CCN1CCOCC1)c(=O)n2C(=O)NC1CCCc2ccccc21. The van der Waals surface area contributed by atoms with E-state index >= 15 is 0 Å². The average Bonchev–Trinajstić information content (AvgIpc) is 3.11. The van der Waals surface area contributed by atoms with Gasteiger partial charge < -0.3 is 10.1 Å². The Morgan fingerprint density at radius 2 is 1.91 bits per heavy atom. The second kappa shape index (κ2) is 8.92. The molecule has 0 saturated carbocycles. The third-order valence-corrected chi connectivity index (χ3v) is 6.76. The molecule has 168 valence electrons. The number of nitrogens with zero attached hydrogens (tertiary/aromatic N) is 3. The number of fused-ring (bicyclic) bond motifs is 2. The number of carbonyl (C=O) groups excluding carboxylic acids is 1. The standard InChI is InChI=1S/C25H30N4O3/c1-18-6-4-11-22-23(18)28(13-12-27-14-16-32-17-15-27)25(31)29(22)24(30)26-21-10-5-8-19-7-2-3-9-20(19)21/h2-4,6-7,9,11,21H,5,8,10,12-17H2,1H3,(H,26,30). The second-order valence-corrected chi connectivity index (χ2v) is 8.76. The monoisotopic (exact) mass is 434 g/mol. The summed E-state index contributed by atoms with van der Waals surface area (Å²) in [6.07, 6.45) is 2.94. The molecule has 1 atom stereocenters. The van der Waals surface area contributed by atoms with Crippen LogP contribution in [0.3, 0.4) is 0 Å². The number of benzene rings is 2. The number of hydrogen-bond donors (Lipinski definition) is 1. The van der Waals surface area contributed by atoms with Crippen LogP contribution < -0.4 is 11.0 Å². The minimum absolute atomic E-state index is 0.0732. The van der Waals surface area contributed by atoms with Crippen molar-refractivity contribution < 1.29 is 9.53 Å². The van der Waals surface area contributed by atoms with Crippen molar-refractivity contribution in [1.29, 1.82) is 0 Å². The van der Waals surface area contributed by atoms with Crippen molar-refractivity contribution in [2.75, 3.05) is 32.8 Å². The lowest BCUT2D eigenvalue weighted by Gasteiger charge is -2.26. The van der Waals surface area contributed by atoms with Gasteiger partial charge in [0.1, 0.15) is 0 Å². The molecule has 2 aromatic carbocycles. The Bertz CT molecular complexity index is 1190. The van der Waals surface area contributed by atoms with Crippen molar-refractivity contribution in [3.05, 3.63) is 69.6 Å². The van der Waals surface area contributed by atoms with Crippen molar-refractivity contribution in [3.8, 4) is 0 Å². The van der Waals surface area contributed by atoms with Gasteiger partial charge in [0.25, 0.3) is 0 Å². The Morgan fingerprint density at radius 3 is 2.75 bits per heavy atom. The summed E-state index contributed by atoms with van der Waals surface area (Å²) in [5.41, 5.74) is 4.66. The summed E-state index contributed by atoms with van der Waals surface area (Å²) in [5, 5.41) is 3.15. The number of nitrogens with one attached hydrogen (secondary N) is 1. The van der Waals surface area contributed by atoms with Crippen LogP contribution in [0.25, 0.3) is 11.0 Å². The maximum atomic E-state index is 13.5. The fourth-order valence-electron chi connectivity index (χ4n) is 5.08. The van der Waals surface area contributed by atoms with Crippen LogP contribution in [-0.4, -0.2) is 52.9 Å². The number of imidazole rings is 1. The van der Waals surface area contributed by atoms with Gasteiger partial charge in [-0.2, -0.15) is 0 Å². The van der Waals surface area contributed by atoms with Gasteiger partial charge in [0.2, 0.25) is 0 Å². The van der Waals surface area contributed by atoms with Gasteiger partial charge in [0, 0.05) is 26.2 Å². The predicted molar refractivity (Wildman–Crippen MR) is 124 cm³/mol. The number of amides is 1. The van der Waals surface area contributed by atoms with E-state index in [-0.39, 0.29) is 17.8 Å². The molecular formula is C25H30N4O3. The summed E-state index contributed by atoms with van der Waals surface area (Å²) in [6, 6.07) is 13.6. The quantitative estimate of drug-likeness (QED) is 0.685. The summed E-state index contributed by atoms with van der Waals surface area (Å²) in [5.74, 6) is 0. The minimum atomic E-state index is -0.350. The largest absolute Gasteiger partial charge is 0.379 e. The van der Waals surface area contributed by atoms with E-state index in [1.54, 1.807) is 4.57 Å². The Balaban J connectivity index is 1.46. The fourth-order valence-corrected chi connectivity index (χ4v) is 5.08. The number of ether oxygens (including phenoxy) is 1. The summed E-state index contributed by atoms with van der Waals surface area (Å²) in [6.45, 7) is 6.48. The van der Waals surface area contributed by atoms with E-state index in [4.69, 9.17) is 4.74 Å². The van der Waals surface area contributed by atoms with Crippen molar-refractivity contribution >= 4 is 17.1 Å². The zero-order valence-electron chi connectivity index (χ0n) is 18.5. The highest BCUT2D eigenvalue weighted by molar-refractivity contribution is 5.91. The van der Waals surface area contributed by atoms with E-state index in [9.17, 15) is 9.59 Å².